The highest BCUT2D eigenvalue weighted by Gasteiger charge is 2.57. The van der Waals surface area contributed by atoms with Crippen LogP contribution in [0.25, 0.3) is 0 Å². The monoisotopic (exact) mass is 348 g/mol. The number of ether oxygens (including phenoxy) is 2. The van der Waals surface area contributed by atoms with Crippen molar-refractivity contribution < 1.29 is 24.2 Å². The van der Waals surface area contributed by atoms with Crippen LogP contribution >= 0.6 is 0 Å². The van der Waals surface area contributed by atoms with Gasteiger partial charge in [0.05, 0.1) is 23.7 Å². The molecule has 0 saturated carbocycles. The molecule has 1 aliphatic carbocycles. The van der Waals surface area contributed by atoms with Crippen LogP contribution in [0.1, 0.15) is 40.5 Å². The number of ketones is 1. The molecular formula is C20H28O5. The highest BCUT2D eigenvalue weighted by Crippen LogP contribution is 2.49. The summed E-state index contributed by atoms with van der Waals surface area (Å²) in [7, 11) is 0. The Hall–Kier alpha value is -1.46. The van der Waals surface area contributed by atoms with Gasteiger partial charge in [-0.15, -0.1) is 0 Å². The number of rotatable bonds is 2. The van der Waals surface area contributed by atoms with E-state index in [1.807, 2.05) is 27.7 Å². The lowest BCUT2D eigenvalue weighted by atomic mass is 9.68. The van der Waals surface area contributed by atoms with Gasteiger partial charge in [0.15, 0.2) is 0 Å². The third kappa shape index (κ3) is 3.32. The van der Waals surface area contributed by atoms with Crippen LogP contribution in [-0.2, 0) is 19.1 Å². The molecule has 0 amide bonds. The van der Waals surface area contributed by atoms with Gasteiger partial charge in [0.1, 0.15) is 12.4 Å². The summed E-state index contributed by atoms with van der Waals surface area (Å²) in [6.45, 7) is 11.8. The Bertz CT molecular complexity index is 634. The number of hydrogen-bond donors (Lipinski definition) is 1. The van der Waals surface area contributed by atoms with Gasteiger partial charge in [-0.3, -0.25) is 9.59 Å². The number of hydrogen-bond acceptors (Lipinski definition) is 5. The molecule has 0 radical (unpaired) electrons. The van der Waals surface area contributed by atoms with Gasteiger partial charge in [-0.1, -0.05) is 26.5 Å². The van der Waals surface area contributed by atoms with E-state index >= 15 is 0 Å². The molecule has 0 aromatic carbocycles. The van der Waals surface area contributed by atoms with Crippen molar-refractivity contribution in [1.82, 2.24) is 0 Å². The SMILES string of the molecule is C=C1COC(=O)[C@H]2/C=C(\C)[C@@H](O)C[C@H]3O[C@]3(C)C[C@@H](C(=O)C(C)C)[C@@H]12. The molecule has 3 rings (SSSR count). The molecule has 2 saturated heterocycles. The summed E-state index contributed by atoms with van der Waals surface area (Å²) in [5, 5.41) is 10.4. The van der Waals surface area contributed by atoms with E-state index in [2.05, 4.69) is 6.58 Å². The van der Waals surface area contributed by atoms with Gasteiger partial charge >= 0.3 is 5.97 Å². The number of carbonyl (C=O) groups excluding carboxylic acids is 2. The summed E-state index contributed by atoms with van der Waals surface area (Å²) >= 11 is 0. The summed E-state index contributed by atoms with van der Waals surface area (Å²) in [6, 6.07) is 0. The van der Waals surface area contributed by atoms with Crippen molar-refractivity contribution in [2.24, 2.45) is 23.7 Å². The summed E-state index contributed by atoms with van der Waals surface area (Å²) in [4.78, 5) is 25.5. The minimum atomic E-state index is -0.659. The standard InChI is InChI=1S/C20H28O5/c1-10(2)18(22)14-8-20(5)16(25-20)7-15(21)11(3)6-13-17(14)12(4)9-24-19(13)23/h6,10,13-17,21H,4,7-9H2,1-3,5H3/b11-6+/t13-,14+,15-,16+,17-,20+/m0/s1. The number of aliphatic hydroxyl groups is 1. The van der Waals surface area contributed by atoms with Crippen LogP contribution in [0.2, 0.25) is 0 Å². The number of Topliss-reactive ketones (excluding diaryl/α,β-unsaturated/α-hetero) is 1. The Labute approximate surface area is 149 Å². The Morgan fingerprint density at radius 1 is 1.44 bits per heavy atom. The van der Waals surface area contributed by atoms with Crippen molar-refractivity contribution in [3.05, 3.63) is 23.8 Å². The second-order valence-corrected chi connectivity index (χ2v) is 8.27. The lowest BCUT2D eigenvalue weighted by Crippen LogP contribution is -2.43. The number of epoxide rings is 1. The van der Waals surface area contributed by atoms with Crippen LogP contribution in [0.5, 0.6) is 0 Å². The molecule has 5 nitrogen and oxygen atoms in total. The Morgan fingerprint density at radius 3 is 2.76 bits per heavy atom. The largest absolute Gasteiger partial charge is 0.461 e. The highest BCUT2D eigenvalue weighted by molar-refractivity contribution is 5.86. The number of esters is 1. The van der Waals surface area contributed by atoms with Crippen LogP contribution in [0, 0.1) is 23.7 Å². The van der Waals surface area contributed by atoms with Crippen LogP contribution in [0.3, 0.4) is 0 Å². The maximum Gasteiger partial charge on any atom is 0.313 e. The Balaban J connectivity index is 2.07. The first-order valence-electron chi connectivity index (χ1n) is 9.06. The minimum absolute atomic E-state index is 0.0614. The molecule has 0 aromatic rings. The van der Waals surface area contributed by atoms with Crippen LogP contribution in [0.4, 0.5) is 0 Å². The molecule has 5 heteroatoms. The van der Waals surface area contributed by atoms with E-state index < -0.39 is 17.6 Å². The molecule has 0 unspecified atom stereocenters. The van der Waals surface area contributed by atoms with Gasteiger partial charge < -0.3 is 14.6 Å². The molecule has 0 spiro atoms. The maximum atomic E-state index is 13.0. The fourth-order valence-corrected chi connectivity index (χ4v) is 4.28. The fourth-order valence-electron chi connectivity index (χ4n) is 4.28. The molecule has 138 valence electrons. The summed E-state index contributed by atoms with van der Waals surface area (Å²) in [6.07, 6.45) is 2.07. The van der Waals surface area contributed by atoms with E-state index in [9.17, 15) is 14.7 Å². The van der Waals surface area contributed by atoms with E-state index in [-0.39, 0.29) is 42.2 Å². The second-order valence-electron chi connectivity index (χ2n) is 8.27. The van der Waals surface area contributed by atoms with Crippen LogP contribution in [-0.4, -0.2) is 41.3 Å². The van der Waals surface area contributed by atoms with Crippen molar-refractivity contribution in [3.8, 4) is 0 Å². The third-order valence-electron chi connectivity index (χ3n) is 5.96. The van der Waals surface area contributed by atoms with E-state index in [1.54, 1.807) is 6.08 Å². The normalized spacial score (nSPS) is 43.4. The van der Waals surface area contributed by atoms with Gasteiger partial charge in [0.2, 0.25) is 0 Å². The van der Waals surface area contributed by atoms with Crippen molar-refractivity contribution in [2.45, 2.75) is 58.3 Å². The smallest absolute Gasteiger partial charge is 0.313 e. The first-order valence-corrected chi connectivity index (χ1v) is 9.06. The molecule has 2 aliphatic heterocycles. The molecule has 6 atom stereocenters. The molecular weight excluding hydrogens is 320 g/mol. The number of aliphatic hydroxyl groups excluding tert-OH is 1. The highest BCUT2D eigenvalue weighted by atomic mass is 16.6. The zero-order valence-electron chi connectivity index (χ0n) is 15.5. The summed E-state index contributed by atoms with van der Waals surface area (Å²) in [5.41, 5.74) is 1.06. The summed E-state index contributed by atoms with van der Waals surface area (Å²) < 4.78 is 11.1. The second kappa shape index (κ2) is 6.36. The minimum Gasteiger partial charge on any atom is -0.461 e. The van der Waals surface area contributed by atoms with Crippen LogP contribution < -0.4 is 0 Å². The van der Waals surface area contributed by atoms with Crippen molar-refractivity contribution in [1.29, 1.82) is 0 Å². The molecule has 3 aliphatic rings. The van der Waals surface area contributed by atoms with Crippen molar-refractivity contribution in [3.63, 3.8) is 0 Å². The average Bonchev–Trinajstić information content (AvgIpc) is 3.17. The number of carbonyl (C=O) groups is 2. The number of cyclic esters (lactones) is 1. The third-order valence-corrected chi connectivity index (χ3v) is 5.96. The topological polar surface area (TPSA) is 76.1 Å². The lowest BCUT2D eigenvalue weighted by molar-refractivity contribution is -0.152. The zero-order valence-corrected chi connectivity index (χ0v) is 15.5. The zero-order chi connectivity index (χ0) is 18.5. The Kier molecular flexibility index (Phi) is 4.67. The number of fused-ring (bicyclic) bond motifs is 2. The summed E-state index contributed by atoms with van der Waals surface area (Å²) in [5.74, 6) is -1.56. The molecule has 0 aromatic heterocycles. The van der Waals surface area contributed by atoms with Gasteiger partial charge in [0, 0.05) is 24.2 Å². The predicted octanol–water partition coefficient (Wildman–Crippen LogP) is 2.43. The first-order chi connectivity index (χ1) is 11.6. The van der Waals surface area contributed by atoms with E-state index in [0.29, 0.717) is 12.8 Å². The van der Waals surface area contributed by atoms with Crippen molar-refractivity contribution >= 4 is 11.8 Å². The lowest BCUT2D eigenvalue weighted by Gasteiger charge is -2.38. The van der Waals surface area contributed by atoms with Gasteiger partial charge in [-0.25, -0.2) is 0 Å². The average molecular weight is 348 g/mol. The van der Waals surface area contributed by atoms with E-state index in [0.717, 1.165) is 11.1 Å². The predicted molar refractivity (Wildman–Crippen MR) is 92.7 cm³/mol. The molecule has 1 N–H and O–H groups in total. The molecule has 2 fully saturated rings. The molecule has 25 heavy (non-hydrogen) atoms. The molecule has 2 heterocycles. The fraction of sp³-hybridized carbons (Fsp3) is 0.700. The first kappa shape index (κ1) is 18.3. The van der Waals surface area contributed by atoms with Gasteiger partial charge in [0.25, 0.3) is 0 Å². The van der Waals surface area contributed by atoms with E-state index in [1.165, 1.54) is 0 Å². The van der Waals surface area contributed by atoms with Crippen molar-refractivity contribution in [2.75, 3.05) is 6.61 Å². The maximum absolute atomic E-state index is 13.0. The molecule has 0 bridgehead atoms. The van der Waals surface area contributed by atoms with Gasteiger partial charge in [-0.05, 0) is 31.4 Å². The Morgan fingerprint density at radius 2 is 2.12 bits per heavy atom. The quantitative estimate of drug-likeness (QED) is 0.471. The van der Waals surface area contributed by atoms with E-state index in [4.69, 9.17) is 9.47 Å². The van der Waals surface area contributed by atoms with Gasteiger partial charge in [-0.2, -0.15) is 0 Å². The van der Waals surface area contributed by atoms with Crippen LogP contribution in [0.15, 0.2) is 23.8 Å².